The third kappa shape index (κ3) is 12.4. The van der Waals surface area contributed by atoms with Crippen molar-refractivity contribution in [2.75, 3.05) is 85.4 Å². The molecule has 1 aromatic rings. The number of carbonyl (C=O) groups excluding carboxylic acids is 2. The van der Waals surface area contributed by atoms with Crippen molar-refractivity contribution in [1.29, 1.82) is 0 Å². The molecule has 2 atom stereocenters. The van der Waals surface area contributed by atoms with Gasteiger partial charge in [-0.15, -0.1) is 0 Å². The van der Waals surface area contributed by atoms with E-state index in [0.717, 1.165) is 5.69 Å². The summed E-state index contributed by atoms with van der Waals surface area (Å²) < 4.78 is 32.2. The molecule has 0 aromatic heterocycles. The number of alkyl carbamates (subject to hydrolysis) is 1. The lowest BCUT2D eigenvalue weighted by molar-refractivity contribution is -0.133. The van der Waals surface area contributed by atoms with Gasteiger partial charge in [-0.25, -0.2) is 4.79 Å². The Labute approximate surface area is 226 Å². The van der Waals surface area contributed by atoms with E-state index in [2.05, 4.69) is 10.6 Å². The number of rotatable bonds is 17. The molecule has 0 radical (unpaired) electrons. The summed E-state index contributed by atoms with van der Waals surface area (Å²) in [4.78, 5) is 27.8. The summed E-state index contributed by atoms with van der Waals surface area (Å²) in [5.41, 5.74) is 0.883. The molecule has 38 heavy (non-hydrogen) atoms. The molecule has 0 spiro atoms. The molecule has 2 amide bonds. The molecule has 0 saturated carbocycles. The third-order valence-corrected chi connectivity index (χ3v) is 5.63. The Balaban J connectivity index is 1.89. The van der Waals surface area contributed by atoms with Crippen LogP contribution in [0.4, 0.5) is 10.5 Å². The first-order chi connectivity index (χ1) is 18.2. The third-order valence-electron chi connectivity index (χ3n) is 5.63. The normalized spacial score (nSPS) is 16.3. The highest BCUT2D eigenvalue weighted by atomic mass is 16.6. The Morgan fingerprint density at radius 2 is 1.58 bits per heavy atom. The molecule has 216 valence electrons. The topological polar surface area (TPSA) is 117 Å². The minimum absolute atomic E-state index is 0.0879. The summed E-state index contributed by atoms with van der Waals surface area (Å²) in [6.45, 7) is 10.6. The fourth-order valence-electron chi connectivity index (χ4n) is 3.79. The molecule has 11 heteroatoms. The lowest BCUT2D eigenvalue weighted by atomic mass is 10.1. The number of carbonyl (C=O) groups is 2. The van der Waals surface area contributed by atoms with Crippen molar-refractivity contribution in [2.24, 2.45) is 0 Å². The van der Waals surface area contributed by atoms with Crippen LogP contribution in [0.3, 0.4) is 0 Å². The molecule has 1 saturated heterocycles. The largest absolute Gasteiger partial charge is 0.444 e. The first kappa shape index (κ1) is 31.8. The number of amides is 2. The number of benzene rings is 1. The van der Waals surface area contributed by atoms with E-state index in [1.165, 1.54) is 0 Å². The van der Waals surface area contributed by atoms with E-state index in [-0.39, 0.29) is 12.0 Å². The highest BCUT2D eigenvalue weighted by Crippen LogP contribution is 2.23. The molecule has 1 fully saturated rings. The molecule has 11 nitrogen and oxygen atoms in total. The molecule has 0 bridgehead atoms. The predicted octanol–water partition coefficient (Wildman–Crippen LogP) is 2.61. The van der Waals surface area contributed by atoms with Gasteiger partial charge in [0.15, 0.2) is 0 Å². The van der Waals surface area contributed by atoms with Crippen LogP contribution in [0.2, 0.25) is 0 Å². The van der Waals surface area contributed by atoms with Crippen LogP contribution in [0.25, 0.3) is 0 Å². The lowest BCUT2D eigenvalue weighted by Gasteiger charge is -2.27. The van der Waals surface area contributed by atoms with Crippen LogP contribution in [0.1, 0.15) is 38.8 Å². The van der Waals surface area contributed by atoms with Crippen molar-refractivity contribution < 1.29 is 38.0 Å². The zero-order valence-corrected chi connectivity index (χ0v) is 23.5. The van der Waals surface area contributed by atoms with Gasteiger partial charge in [-0.05, 0) is 44.9 Å². The van der Waals surface area contributed by atoms with E-state index >= 15 is 0 Å². The fraction of sp³-hybridized carbons (Fsp3) is 0.704. The van der Waals surface area contributed by atoms with Crippen molar-refractivity contribution in [3.63, 3.8) is 0 Å². The van der Waals surface area contributed by atoms with Gasteiger partial charge >= 0.3 is 6.09 Å². The van der Waals surface area contributed by atoms with Crippen LogP contribution < -0.4 is 10.6 Å². The molecule has 2 N–H and O–H groups in total. The summed E-state index contributed by atoms with van der Waals surface area (Å²) in [5, 5.41) is 6.01. The molecular formula is C27H45N3O8. The van der Waals surface area contributed by atoms with Gasteiger partial charge in [-0.1, -0.05) is 12.1 Å². The summed E-state index contributed by atoms with van der Waals surface area (Å²) >= 11 is 0. The second-order valence-electron chi connectivity index (χ2n) is 9.90. The van der Waals surface area contributed by atoms with Gasteiger partial charge in [0, 0.05) is 39.5 Å². The van der Waals surface area contributed by atoms with E-state index in [9.17, 15) is 9.59 Å². The van der Waals surface area contributed by atoms with Crippen molar-refractivity contribution in [1.82, 2.24) is 10.2 Å². The average molecular weight is 540 g/mol. The van der Waals surface area contributed by atoms with Crippen LogP contribution in [0.15, 0.2) is 24.3 Å². The van der Waals surface area contributed by atoms with Crippen molar-refractivity contribution in [2.45, 2.75) is 44.9 Å². The lowest BCUT2D eigenvalue weighted by Crippen LogP contribution is -2.44. The SMILES string of the molecule is COCCNc1ccc(C(NC(=O)OC(C)(C)C)C(=O)N2CCC(OCCOCCOCCOC)C2)cc1. The number of anilines is 1. The first-order valence-electron chi connectivity index (χ1n) is 13.1. The summed E-state index contributed by atoms with van der Waals surface area (Å²) in [6.07, 6.45) is -0.0172. The smallest absolute Gasteiger partial charge is 0.408 e. The zero-order valence-electron chi connectivity index (χ0n) is 23.5. The fourth-order valence-corrected chi connectivity index (χ4v) is 3.79. The molecule has 2 unspecified atom stereocenters. The molecular weight excluding hydrogens is 494 g/mol. The summed E-state index contributed by atoms with van der Waals surface area (Å²) in [5.74, 6) is -0.202. The average Bonchev–Trinajstić information content (AvgIpc) is 3.34. The molecule has 1 heterocycles. The maximum atomic E-state index is 13.5. The van der Waals surface area contributed by atoms with Crippen LogP contribution in [0, 0.1) is 0 Å². The van der Waals surface area contributed by atoms with Gasteiger partial charge in [0.1, 0.15) is 11.6 Å². The number of ether oxygens (including phenoxy) is 6. The van der Waals surface area contributed by atoms with Crippen molar-refractivity contribution in [3.8, 4) is 0 Å². The Morgan fingerprint density at radius 3 is 2.21 bits per heavy atom. The molecule has 1 aromatic carbocycles. The highest BCUT2D eigenvalue weighted by Gasteiger charge is 2.34. The Kier molecular flexibility index (Phi) is 14.4. The van der Waals surface area contributed by atoms with Crippen LogP contribution >= 0.6 is 0 Å². The molecule has 2 rings (SSSR count). The summed E-state index contributed by atoms with van der Waals surface area (Å²) in [6, 6.07) is 6.53. The van der Waals surface area contributed by atoms with Gasteiger partial charge < -0.3 is 44.0 Å². The highest BCUT2D eigenvalue weighted by molar-refractivity contribution is 5.87. The van der Waals surface area contributed by atoms with Gasteiger partial charge in [0.2, 0.25) is 5.91 Å². The number of methoxy groups -OCH3 is 2. The van der Waals surface area contributed by atoms with Crippen LogP contribution in [-0.2, 0) is 33.2 Å². The Morgan fingerprint density at radius 1 is 0.947 bits per heavy atom. The van der Waals surface area contributed by atoms with E-state index in [0.29, 0.717) is 77.9 Å². The number of hydrogen-bond donors (Lipinski definition) is 2. The van der Waals surface area contributed by atoms with E-state index in [4.69, 9.17) is 28.4 Å². The Bertz CT molecular complexity index is 816. The van der Waals surface area contributed by atoms with Crippen LogP contribution in [0.5, 0.6) is 0 Å². The predicted molar refractivity (Wildman–Crippen MR) is 143 cm³/mol. The molecule has 1 aliphatic rings. The van der Waals surface area contributed by atoms with Gasteiger partial charge in [0.25, 0.3) is 0 Å². The quantitative estimate of drug-likeness (QED) is 0.288. The first-order valence-corrected chi connectivity index (χ1v) is 13.1. The van der Waals surface area contributed by atoms with Gasteiger partial charge in [-0.2, -0.15) is 0 Å². The standard InChI is InChI=1S/C27H45N3O8/c1-27(2,3)38-26(32)29-24(21-6-8-22(9-7-21)28-11-13-33-4)25(31)30-12-10-23(20-30)37-19-18-36-17-16-35-15-14-34-5/h6-9,23-24,28H,10-20H2,1-5H3,(H,29,32). The number of hydrogen-bond acceptors (Lipinski definition) is 9. The van der Waals surface area contributed by atoms with E-state index in [1.807, 2.05) is 24.3 Å². The second-order valence-corrected chi connectivity index (χ2v) is 9.90. The summed E-state index contributed by atoms with van der Waals surface area (Å²) in [7, 11) is 3.28. The molecule has 0 aliphatic carbocycles. The minimum atomic E-state index is -0.877. The number of nitrogens with zero attached hydrogens (tertiary/aromatic N) is 1. The minimum Gasteiger partial charge on any atom is -0.444 e. The zero-order chi connectivity index (χ0) is 27.8. The second kappa shape index (κ2) is 17.2. The van der Waals surface area contributed by atoms with Crippen LogP contribution in [-0.4, -0.2) is 109 Å². The maximum Gasteiger partial charge on any atom is 0.408 e. The van der Waals surface area contributed by atoms with Gasteiger partial charge in [-0.3, -0.25) is 4.79 Å². The van der Waals surface area contributed by atoms with Crippen molar-refractivity contribution >= 4 is 17.7 Å². The monoisotopic (exact) mass is 539 g/mol. The van der Waals surface area contributed by atoms with E-state index < -0.39 is 17.7 Å². The number of nitrogens with one attached hydrogen (secondary N) is 2. The van der Waals surface area contributed by atoms with Crippen molar-refractivity contribution in [3.05, 3.63) is 29.8 Å². The van der Waals surface area contributed by atoms with E-state index in [1.54, 1.807) is 39.9 Å². The van der Waals surface area contributed by atoms with Gasteiger partial charge in [0.05, 0.1) is 52.4 Å². The maximum absolute atomic E-state index is 13.5. The Hall–Kier alpha value is -2.44. The molecule has 1 aliphatic heterocycles. The number of likely N-dealkylation sites (tertiary alicyclic amines) is 1.